The Morgan fingerprint density at radius 2 is 1.77 bits per heavy atom. The average Bonchev–Trinajstić information content (AvgIpc) is 3.09. The van der Waals surface area contributed by atoms with Crippen LogP contribution in [0.25, 0.3) is 6.08 Å². The van der Waals surface area contributed by atoms with Gasteiger partial charge in [-0.25, -0.2) is 0 Å². The number of ether oxygens (including phenoxy) is 2. The third kappa shape index (κ3) is 7.08. The van der Waals surface area contributed by atoms with E-state index in [1.807, 2.05) is 36.4 Å². The number of thiocarbonyl (C=S) groups is 1. The Balaban J connectivity index is 1.50. The molecule has 0 spiro atoms. The summed E-state index contributed by atoms with van der Waals surface area (Å²) in [5.41, 5.74) is 3.29. The lowest BCUT2D eigenvalue weighted by Gasteiger charge is -2.18. The van der Waals surface area contributed by atoms with Gasteiger partial charge in [0.15, 0.2) is 11.5 Å². The lowest BCUT2D eigenvalue weighted by Crippen LogP contribution is -2.34. The highest BCUT2D eigenvalue weighted by molar-refractivity contribution is 8.26. The Labute approximate surface area is 217 Å². The number of benzene rings is 2. The van der Waals surface area contributed by atoms with Crippen molar-refractivity contribution in [1.82, 2.24) is 10.2 Å². The summed E-state index contributed by atoms with van der Waals surface area (Å²) in [7, 11) is 3.19. The zero-order valence-corrected chi connectivity index (χ0v) is 22.5. The van der Waals surface area contributed by atoms with Crippen LogP contribution in [0.4, 0.5) is 0 Å². The SMILES string of the molecule is COc1ccc(CCNC(=O)CCN2C(=O)/C(=C/c3ccc(C(C)(C)C)cc3)SC2=S)cc1OC. The van der Waals surface area contributed by atoms with Gasteiger partial charge >= 0.3 is 0 Å². The predicted octanol–water partition coefficient (Wildman–Crippen LogP) is 4.95. The van der Waals surface area contributed by atoms with Gasteiger partial charge in [0.25, 0.3) is 5.91 Å². The maximum atomic E-state index is 12.9. The highest BCUT2D eigenvalue weighted by atomic mass is 32.2. The van der Waals surface area contributed by atoms with Crippen LogP contribution in [0, 0.1) is 0 Å². The van der Waals surface area contributed by atoms with Gasteiger partial charge in [-0.1, -0.05) is 75.1 Å². The first-order valence-corrected chi connectivity index (χ1v) is 12.7. The maximum absolute atomic E-state index is 12.9. The normalized spacial score (nSPS) is 15.0. The highest BCUT2D eigenvalue weighted by Crippen LogP contribution is 2.33. The quantitative estimate of drug-likeness (QED) is 0.379. The van der Waals surface area contributed by atoms with E-state index in [0.29, 0.717) is 33.7 Å². The number of hydrogen-bond donors (Lipinski definition) is 1. The van der Waals surface area contributed by atoms with E-state index in [-0.39, 0.29) is 30.2 Å². The van der Waals surface area contributed by atoms with Crippen molar-refractivity contribution in [2.75, 3.05) is 27.3 Å². The van der Waals surface area contributed by atoms with E-state index in [1.54, 1.807) is 14.2 Å². The van der Waals surface area contributed by atoms with Crippen LogP contribution in [0.3, 0.4) is 0 Å². The summed E-state index contributed by atoms with van der Waals surface area (Å²) in [6.07, 6.45) is 2.70. The molecule has 3 rings (SSSR count). The molecule has 1 saturated heterocycles. The van der Waals surface area contributed by atoms with Crippen molar-refractivity contribution in [2.24, 2.45) is 0 Å². The fourth-order valence-electron chi connectivity index (χ4n) is 3.61. The van der Waals surface area contributed by atoms with Gasteiger partial charge in [-0.15, -0.1) is 0 Å². The molecule has 0 unspecified atom stereocenters. The van der Waals surface area contributed by atoms with Crippen molar-refractivity contribution in [2.45, 2.75) is 39.0 Å². The molecule has 0 aromatic heterocycles. The summed E-state index contributed by atoms with van der Waals surface area (Å²) in [6, 6.07) is 13.9. The molecular formula is C27H32N2O4S2. The third-order valence-corrected chi connectivity index (χ3v) is 7.07. The number of carbonyl (C=O) groups excluding carboxylic acids is 2. The molecule has 0 saturated carbocycles. The largest absolute Gasteiger partial charge is 0.493 e. The highest BCUT2D eigenvalue weighted by Gasteiger charge is 2.32. The lowest BCUT2D eigenvalue weighted by atomic mass is 9.87. The molecule has 6 nitrogen and oxygen atoms in total. The number of thioether (sulfide) groups is 1. The minimum Gasteiger partial charge on any atom is -0.493 e. The second-order valence-electron chi connectivity index (χ2n) is 9.24. The molecule has 8 heteroatoms. The van der Waals surface area contributed by atoms with Crippen LogP contribution >= 0.6 is 24.0 Å². The van der Waals surface area contributed by atoms with Crippen molar-refractivity contribution in [3.8, 4) is 11.5 Å². The number of hydrogen-bond acceptors (Lipinski definition) is 6. The fraction of sp³-hybridized carbons (Fsp3) is 0.370. The Morgan fingerprint density at radius 3 is 2.40 bits per heavy atom. The van der Waals surface area contributed by atoms with Gasteiger partial charge in [-0.3, -0.25) is 14.5 Å². The summed E-state index contributed by atoms with van der Waals surface area (Å²) in [4.78, 5) is 27.3. The van der Waals surface area contributed by atoms with Crippen molar-refractivity contribution < 1.29 is 19.1 Å². The smallest absolute Gasteiger partial charge is 0.266 e. The standard InChI is InChI=1S/C27H32N2O4S2/c1-27(2,3)20-9-6-18(7-10-20)17-23-25(31)29(26(34)35-23)15-13-24(30)28-14-12-19-8-11-21(32-4)22(16-19)33-5/h6-11,16-17H,12-15H2,1-5H3,(H,28,30)/b23-17-. The number of nitrogens with zero attached hydrogens (tertiary/aromatic N) is 1. The van der Waals surface area contributed by atoms with Crippen molar-refractivity contribution in [1.29, 1.82) is 0 Å². The van der Waals surface area contributed by atoms with E-state index in [4.69, 9.17) is 21.7 Å². The molecule has 35 heavy (non-hydrogen) atoms. The zero-order valence-electron chi connectivity index (χ0n) is 20.8. The molecule has 2 aromatic rings. The molecule has 2 amide bonds. The predicted molar refractivity (Wildman–Crippen MR) is 146 cm³/mol. The Kier molecular flexibility index (Phi) is 8.97. The Bertz CT molecular complexity index is 1120. The van der Waals surface area contributed by atoms with Gasteiger partial charge in [0.1, 0.15) is 4.32 Å². The molecule has 0 radical (unpaired) electrons. The second-order valence-corrected chi connectivity index (χ2v) is 10.9. The van der Waals surface area contributed by atoms with Crippen LogP contribution in [0.5, 0.6) is 11.5 Å². The lowest BCUT2D eigenvalue weighted by molar-refractivity contribution is -0.123. The number of carbonyl (C=O) groups is 2. The van der Waals surface area contributed by atoms with Crippen molar-refractivity contribution in [3.05, 3.63) is 64.1 Å². The Morgan fingerprint density at radius 1 is 1.09 bits per heavy atom. The third-order valence-electron chi connectivity index (χ3n) is 5.69. The maximum Gasteiger partial charge on any atom is 0.266 e. The van der Waals surface area contributed by atoms with Crippen LogP contribution in [-0.2, 0) is 21.4 Å². The summed E-state index contributed by atoms with van der Waals surface area (Å²) < 4.78 is 11.0. The first-order chi connectivity index (χ1) is 16.6. The van der Waals surface area contributed by atoms with E-state index in [0.717, 1.165) is 11.1 Å². The van der Waals surface area contributed by atoms with Gasteiger partial charge in [-0.2, -0.15) is 0 Å². The van der Waals surface area contributed by atoms with Crippen LogP contribution in [-0.4, -0.2) is 48.3 Å². The molecule has 1 fully saturated rings. The number of methoxy groups -OCH3 is 2. The molecular weight excluding hydrogens is 480 g/mol. The van der Waals surface area contributed by atoms with Crippen LogP contribution < -0.4 is 14.8 Å². The molecule has 186 valence electrons. The number of amides is 2. The number of nitrogens with one attached hydrogen (secondary N) is 1. The van der Waals surface area contributed by atoms with Crippen LogP contribution in [0.1, 0.15) is 43.9 Å². The molecule has 0 aliphatic carbocycles. The van der Waals surface area contributed by atoms with Gasteiger partial charge in [-0.05, 0) is 46.7 Å². The molecule has 2 aromatic carbocycles. The van der Waals surface area contributed by atoms with Crippen LogP contribution in [0.2, 0.25) is 0 Å². The topological polar surface area (TPSA) is 67.9 Å². The number of rotatable bonds is 9. The van der Waals surface area contributed by atoms with Crippen molar-refractivity contribution >= 4 is 46.2 Å². The summed E-state index contributed by atoms with van der Waals surface area (Å²) in [5, 5.41) is 2.91. The van der Waals surface area contributed by atoms with E-state index in [2.05, 4.69) is 38.2 Å². The molecule has 0 bridgehead atoms. The van der Waals surface area contributed by atoms with Gasteiger partial charge in [0.2, 0.25) is 5.91 Å². The van der Waals surface area contributed by atoms with Crippen LogP contribution in [0.15, 0.2) is 47.4 Å². The molecule has 1 heterocycles. The molecule has 1 aliphatic heterocycles. The van der Waals surface area contributed by atoms with E-state index >= 15 is 0 Å². The Hall–Kier alpha value is -2.84. The van der Waals surface area contributed by atoms with Crippen molar-refractivity contribution in [3.63, 3.8) is 0 Å². The summed E-state index contributed by atoms with van der Waals surface area (Å²) in [5.74, 6) is 1.04. The molecule has 1 N–H and O–H groups in total. The first-order valence-electron chi connectivity index (χ1n) is 11.5. The fourth-order valence-corrected chi connectivity index (χ4v) is 4.92. The first kappa shape index (κ1) is 26.8. The molecule has 1 aliphatic rings. The average molecular weight is 513 g/mol. The minimum atomic E-state index is -0.155. The summed E-state index contributed by atoms with van der Waals surface area (Å²) in [6.45, 7) is 7.24. The monoisotopic (exact) mass is 512 g/mol. The van der Waals surface area contributed by atoms with E-state index < -0.39 is 0 Å². The van der Waals surface area contributed by atoms with E-state index in [1.165, 1.54) is 22.2 Å². The minimum absolute atomic E-state index is 0.0735. The zero-order chi connectivity index (χ0) is 25.6. The van der Waals surface area contributed by atoms with E-state index in [9.17, 15) is 9.59 Å². The summed E-state index contributed by atoms with van der Waals surface area (Å²) >= 11 is 6.68. The molecule has 0 atom stereocenters. The van der Waals surface area contributed by atoms with Gasteiger partial charge in [0, 0.05) is 19.5 Å². The van der Waals surface area contributed by atoms with Gasteiger partial charge in [0.05, 0.1) is 19.1 Å². The second kappa shape index (κ2) is 11.7. The van der Waals surface area contributed by atoms with Gasteiger partial charge < -0.3 is 14.8 Å².